The van der Waals surface area contributed by atoms with Crippen LogP contribution in [-0.4, -0.2) is 18.0 Å². The molecule has 1 atom stereocenters. The Kier molecular flexibility index (Phi) is 6.12. The number of phenols is 1. The summed E-state index contributed by atoms with van der Waals surface area (Å²) in [5.41, 5.74) is 1.73. The molecule has 0 saturated carbocycles. The molecule has 0 amide bonds. The summed E-state index contributed by atoms with van der Waals surface area (Å²) < 4.78 is 17.9. The molecule has 0 aliphatic carbocycles. The van der Waals surface area contributed by atoms with Crippen LogP contribution in [0.3, 0.4) is 0 Å². The van der Waals surface area contributed by atoms with E-state index in [1.807, 2.05) is 36.4 Å². The van der Waals surface area contributed by atoms with E-state index in [4.69, 9.17) is 14.2 Å². The molecule has 2 aromatic rings. The van der Waals surface area contributed by atoms with E-state index in [9.17, 15) is 5.11 Å². The van der Waals surface area contributed by atoms with Gasteiger partial charge < -0.3 is 19.3 Å². The fourth-order valence-electron chi connectivity index (χ4n) is 2.61. The van der Waals surface area contributed by atoms with Crippen molar-refractivity contribution in [3.05, 3.63) is 58.1 Å². The van der Waals surface area contributed by atoms with Crippen LogP contribution in [0, 0.1) is 0 Å². The highest BCUT2D eigenvalue weighted by Crippen LogP contribution is 2.35. The second-order valence-corrected chi connectivity index (χ2v) is 6.71. The number of halogens is 1. The normalized spacial score (nSPS) is 17.6. The van der Waals surface area contributed by atoms with Crippen molar-refractivity contribution in [3.63, 3.8) is 0 Å². The first-order valence-electron chi connectivity index (χ1n) is 8.13. The number of benzene rings is 2. The standard InChI is InChI=1S/C19H21BrO4/c20-16-10-15(13-24-18-8-4-5-9-22-18)19(21)17(11-16)23-12-14-6-2-1-3-7-14/h1-3,6-7,10-11,18,21H,4-5,8-9,12-13H2. The zero-order valence-electron chi connectivity index (χ0n) is 13.4. The minimum Gasteiger partial charge on any atom is -0.504 e. The lowest BCUT2D eigenvalue weighted by Gasteiger charge is -2.23. The molecule has 2 aromatic carbocycles. The smallest absolute Gasteiger partial charge is 0.163 e. The van der Waals surface area contributed by atoms with Crippen molar-refractivity contribution in [1.82, 2.24) is 0 Å². The average molecular weight is 393 g/mol. The first-order chi connectivity index (χ1) is 11.7. The van der Waals surface area contributed by atoms with Gasteiger partial charge in [0.1, 0.15) is 6.61 Å². The lowest BCUT2D eigenvalue weighted by atomic mass is 10.2. The van der Waals surface area contributed by atoms with E-state index in [1.54, 1.807) is 6.07 Å². The highest BCUT2D eigenvalue weighted by molar-refractivity contribution is 9.10. The second-order valence-electron chi connectivity index (χ2n) is 5.79. The van der Waals surface area contributed by atoms with Crippen LogP contribution in [0.15, 0.2) is 46.9 Å². The Morgan fingerprint density at radius 2 is 1.96 bits per heavy atom. The second kappa shape index (κ2) is 8.51. The Labute approximate surface area is 150 Å². The summed E-state index contributed by atoms with van der Waals surface area (Å²) in [6.07, 6.45) is 2.90. The third-order valence-electron chi connectivity index (χ3n) is 3.92. The molecule has 1 unspecified atom stereocenters. The average Bonchev–Trinajstić information content (AvgIpc) is 2.62. The maximum Gasteiger partial charge on any atom is 0.163 e. The van der Waals surface area contributed by atoms with Crippen LogP contribution in [-0.2, 0) is 22.7 Å². The van der Waals surface area contributed by atoms with Gasteiger partial charge in [0.05, 0.1) is 6.61 Å². The quantitative estimate of drug-likeness (QED) is 0.768. The monoisotopic (exact) mass is 392 g/mol. The number of rotatable bonds is 6. The van der Waals surface area contributed by atoms with Gasteiger partial charge in [0.2, 0.25) is 0 Å². The molecule has 1 fully saturated rings. The Morgan fingerprint density at radius 1 is 1.12 bits per heavy atom. The molecule has 1 saturated heterocycles. The summed E-state index contributed by atoms with van der Waals surface area (Å²) in [6.45, 7) is 1.43. The molecule has 0 bridgehead atoms. The minimum absolute atomic E-state index is 0.116. The summed E-state index contributed by atoms with van der Waals surface area (Å²) in [7, 11) is 0. The first kappa shape index (κ1) is 17.3. The maximum absolute atomic E-state index is 10.5. The van der Waals surface area contributed by atoms with Crippen LogP contribution in [0.2, 0.25) is 0 Å². The van der Waals surface area contributed by atoms with Gasteiger partial charge in [-0.1, -0.05) is 46.3 Å². The predicted octanol–water partition coefficient (Wildman–Crippen LogP) is 4.78. The topological polar surface area (TPSA) is 47.9 Å². The summed E-state index contributed by atoms with van der Waals surface area (Å²) in [6, 6.07) is 13.5. The van der Waals surface area contributed by atoms with Crippen LogP contribution in [0.1, 0.15) is 30.4 Å². The van der Waals surface area contributed by atoms with Crippen LogP contribution < -0.4 is 4.74 Å². The Morgan fingerprint density at radius 3 is 2.71 bits per heavy atom. The van der Waals surface area contributed by atoms with Gasteiger partial charge in [-0.2, -0.15) is 0 Å². The molecule has 24 heavy (non-hydrogen) atoms. The van der Waals surface area contributed by atoms with Gasteiger partial charge >= 0.3 is 0 Å². The van der Waals surface area contributed by atoms with Gasteiger partial charge in [0.25, 0.3) is 0 Å². The van der Waals surface area contributed by atoms with E-state index in [1.165, 1.54) is 0 Å². The lowest BCUT2D eigenvalue weighted by molar-refractivity contribution is -0.169. The zero-order valence-corrected chi connectivity index (χ0v) is 15.0. The van der Waals surface area contributed by atoms with E-state index < -0.39 is 0 Å². The highest BCUT2D eigenvalue weighted by Gasteiger charge is 2.17. The van der Waals surface area contributed by atoms with Crippen LogP contribution in [0.4, 0.5) is 0 Å². The van der Waals surface area contributed by atoms with Crippen LogP contribution in [0.5, 0.6) is 11.5 Å². The molecule has 5 heteroatoms. The van der Waals surface area contributed by atoms with Crippen molar-refractivity contribution in [3.8, 4) is 11.5 Å². The lowest BCUT2D eigenvalue weighted by Crippen LogP contribution is -2.22. The zero-order chi connectivity index (χ0) is 16.8. The molecule has 0 aromatic heterocycles. The van der Waals surface area contributed by atoms with Gasteiger partial charge in [-0.15, -0.1) is 0 Å². The fraction of sp³-hybridized carbons (Fsp3) is 0.368. The molecule has 3 rings (SSSR count). The molecule has 0 radical (unpaired) electrons. The van der Waals surface area contributed by atoms with Crippen molar-refractivity contribution in [2.75, 3.05) is 6.61 Å². The predicted molar refractivity (Wildman–Crippen MR) is 95.0 cm³/mol. The van der Waals surface area contributed by atoms with Gasteiger partial charge in [-0.3, -0.25) is 0 Å². The maximum atomic E-state index is 10.5. The Hall–Kier alpha value is -1.56. The minimum atomic E-state index is -0.189. The molecular formula is C19H21BrO4. The van der Waals surface area contributed by atoms with Crippen molar-refractivity contribution in [1.29, 1.82) is 0 Å². The largest absolute Gasteiger partial charge is 0.504 e. The molecular weight excluding hydrogens is 372 g/mol. The highest BCUT2D eigenvalue weighted by atomic mass is 79.9. The number of aromatic hydroxyl groups is 1. The molecule has 1 N–H and O–H groups in total. The number of ether oxygens (including phenoxy) is 3. The molecule has 1 aliphatic heterocycles. The summed E-state index contributed by atoms with van der Waals surface area (Å²) in [5, 5.41) is 10.5. The van der Waals surface area contributed by atoms with Crippen LogP contribution >= 0.6 is 15.9 Å². The summed E-state index contributed by atoms with van der Waals surface area (Å²) in [4.78, 5) is 0. The van der Waals surface area contributed by atoms with Crippen LogP contribution in [0.25, 0.3) is 0 Å². The molecule has 1 heterocycles. The number of hydrogen-bond donors (Lipinski definition) is 1. The molecule has 0 spiro atoms. The van der Waals surface area contributed by atoms with Gasteiger partial charge in [-0.05, 0) is 37.0 Å². The fourth-order valence-corrected chi connectivity index (χ4v) is 3.09. The van der Waals surface area contributed by atoms with E-state index in [0.717, 1.165) is 35.9 Å². The van der Waals surface area contributed by atoms with Crippen molar-refractivity contribution < 1.29 is 19.3 Å². The van der Waals surface area contributed by atoms with Gasteiger partial charge in [0, 0.05) is 16.6 Å². The van der Waals surface area contributed by atoms with Gasteiger partial charge in [-0.25, -0.2) is 0 Å². The van der Waals surface area contributed by atoms with Crippen molar-refractivity contribution in [2.24, 2.45) is 0 Å². The molecule has 4 nitrogen and oxygen atoms in total. The Bertz CT molecular complexity index is 654. The molecule has 1 aliphatic rings. The third kappa shape index (κ3) is 4.72. The number of hydrogen-bond acceptors (Lipinski definition) is 4. The summed E-state index contributed by atoms with van der Waals surface area (Å²) >= 11 is 3.46. The van der Waals surface area contributed by atoms with Crippen molar-refractivity contribution >= 4 is 15.9 Å². The SMILES string of the molecule is Oc1c(COC2CCCCO2)cc(Br)cc1OCc1ccccc1. The number of phenolic OH excluding ortho intramolecular Hbond substituents is 1. The summed E-state index contributed by atoms with van der Waals surface area (Å²) in [5.74, 6) is 0.557. The first-order valence-corrected chi connectivity index (χ1v) is 8.93. The Balaban J connectivity index is 1.65. The third-order valence-corrected chi connectivity index (χ3v) is 4.38. The van der Waals surface area contributed by atoms with E-state index >= 15 is 0 Å². The molecule has 128 valence electrons. The van der Waals surface area contributed by atoms with E-state index in [2.05, 4.69) is 15.9 Å². The van der Waals surface area contributed by atoms with E-state index in [-0.39, 0.29) is 18.6 Å². The van der Waals surface area contributed by atoms with E-state index in [0.29, 0.717) is 17.9 Å². The van der Waals surface area contributed by atoms with Gasteiger partial charge in [0.15, 0.2) is 17.8 Å². The van der Waals surface area contributed by atoms with Crippen molar-refractivity contribution in [2.45, 2.75) is 38.8 Å².